The van der Waals surface area contributed by atoms with Gasteiger partial charge in [0.25, 0.3) is 0 Å². The minimum absolute atomic E-state index is 0.0630. The van der Waals surface area contributed by atoms with Crippen molar-refractivity contribution >= 4 is 17.9 Å². The zero-order valence-electron chi connectivity index (χ0n) is 14.5. The Morgan fingerprint density at radius 3 is 2.81 bits per heavy atom. The van der Waals surface area contributed by atoms with E-state index >= 15 is 0 Å². The fraction of sp³-hybridized carbons (Fsp3) is 0.316. The fourth-order valence-corrected chi connectivity index (χ4v) is 3.60. The minimum atomic E-state index is -0.902. The SMILES string of the molecule is N#Cc1ccc(SCc2cccc(OC3CCN(C(=O)O)CC3)n2)c(F)c1. The van der Waals surface area contributed by atoms with Crippen LogP contribution in [0.3, 0.4) is 0 Å². The largest absolute Gasteiger partial charge is 0.474 e. The zero-order valence-corrected chi connectivity index (χ0v) is 15.3. The van der Waals surface area contributed by atoms with Gasteiger partial charge in [-0.05, 0) is 24.3 Å². The lowest BCUT2D eigenvalue weighted by Crippen LogP contribution is -2.41. The van der Waals surface area contributed by atoms with Crippen LogP contribution in [0.4, 0.5) is 9.18 Å². The van der Waals surface area contributed by atoms with Gasteiger partial charge in [-0.3, -0.25) is 0 Å². The van der Waals surface area contributed by atoms with Gasteiger partial charge in [0.15, 0.2) is 0 Å². The molecule has 1 saturated heterocycles. The molecule has 3 rings (SSSR count). The van der Waals surface area contributed by atoms with E-state index in [0.29, 0.717) is 48.0 Å². The van der Waals surface area contributed by atoms with E-state index in [4.69, 9.17) is 15.1 Å². The number of carboxylic acid groups (broad SMARTS) is 1. The molecule has 0 spiro atoms. The molecule has 6 nitrogen and oxygen atoms in total. The number of nitriles is 1. The van der Waals surface area contributed by atoms with Crippen LogP contribution in [0.5, 0.6) is 5.88 Å². The summed E-state index contributed by atoms with van der Waals surface area (Å²) in [5.74, 6) is 0.538. The van der Waals surface area contributed by atoms with Crippen LogP contribution in [0, 0.1) is 17.1 Å². The number of carbonyl (C=O) groups is 1. The van der Waals surface area contributed by atoms with E-state index in [0.717, 1.165) is 5.69 Å². The van der Waals surface area contributed by atoms with Crippen molar-refractivity contribution in [1.29, 1.82) is 5.26 Å². The molecule has 1 fully saturated rings. The third kappa shape index (κ3) is 5.11. The quantitative estimate of drug-likeness (QED) is 0.783. The lowest BCUT2D eigenvalue weighted by molar-refractivity contribution is 0.0870. The van der Waals surface area contributed by atoms with E-state index < -0.39 is 11.9 Å². The van der Waals surface area contributed by atoms with Crippen LogP contribution in [-0.2, 0) is 5.75 Å². The molecule has 0 bridgehead atoms. The van der Waals surface area contributed by atoms with Crippen LogP contribution >= 0.6 is 11.8 Å². The molecular formula is C19H18FN3O3S. The second-order valence-electron chi connectivity index (χ2n) is 6.10. The van der Waals surface area contributed by atoms with Gasteiger partial charge in [0, 0.05) is 42.6 Å². The molecule has 0 radical (unpaired) electrons. The molecule has 1 aliphatic rings. The van der Waals surface area contributed by atoms with Crippen LogP contribution in [0.25, 0.3) is 0 Å². The van der Waals surface area contributed by atoms with Gasteiger partial charge in [0.05, 0.1) is 17.3 Å². The number of benzene rings is 1. The number of halogens is 1. The third-order valence-electron chi connectivity index (χ3n) is 4.22. The first-order valence-electron chi connectivity index (χ1n) is 8.48. The summed E-state index contributed by atoms with van der Waals surface area (Å²) >= 11 is 1.30. The van der Waals surface area contributed by atoms with Gasteiger partial charge in [-0.25, -0.2) is 14.2 Å². The summed E-state index contributed by atoms with van der Waals surface area (Å²) < 4.78 is 19.8. The summed E-state index contributed by atoms with van der Waals surface area (Å²) in [6.45, 7) is 0.904. The lowest BCUT2D eigenvalue weighted by Gasteiger charge is -2.29. The van der Waals surface area contributed by atoms with Crippen molar-refractivity contribution in [3.63, 3.8) is 0 Å². The maximum absolute atomic E-state index is 14.0. The Balaban J connectivity index is 1.56. The smallest absolute Gasteiger partial charge is 0.407 e. The summed E-state index contributed by atoms with van der Waals surface area (Å²) in [5.41, 5.74) is 1.04. The van der Waals surface area contributed by atoms with Gasteiger partial charge in [-0.1, -0.05) is 6.07 Å². The van der Waals surface area contributed by atoms with Crippen molar-refractivity contribution in [3.05, 3.63) is 53.5 Å². The van der Waals surface area contributed by atoms with Gasteiger partial charge >= 0.3 is 6.09 Å². The molecule has 1 aromatic carbocycles. The second kappa shape index (κ2) is 8.73. The predicted molar refractivity (Wildman–Crippen MR) is 98.2 cm³/mol. The van der Waals surface area contributed by atoms with Crippen LogP contribution < -0.4 is 4.74 Å². The first-order chi connectivity index (χ1) is 13.0. The first-order valence-corrected chi connectivity index (χ1v) is 9.46. The lowest BCUT2D eigenvalue weighted by atomic mass is 10.1. The van der Waals surface area contributed by atoms with Gasteiger partial charge < -0.3 is 14.7 Å². The molecule has 1 aliphatic heterocycles. The Bertz CT molecular complexity index is 864. The number of nitrogens with zero attached hydrogens (tertiary/aromatic N) is 3. The van der Waals surface area contributed by atoms with Crippen molar-refractivity contribution in [3.8, 4) is 11.9 Å². The zero-order chi connectivity index (χ0) is 19.2. The van der Waals surface area contributed by atoms with E-state index in [2.05, 4.69) is 4.98 Å². The van der Waals surface area contributed by atoms with Gasteiger partial charge in [0.1, 0.15) is 11.9 Å². The molecule has 1 amide bonds. The molecular weight excluding hydrogens is 369 g/mol. The summed E-state index contributed by atoms with van der Waals surface area (Å²) in [7, 11) is 0. The average molecular weight is 387 g/mol. The molecule has 1 N–H and O–H groups in total. The topological polar surface area (TPSA) is 86.5 Å². The maximum atomic E-state index is 14.0. The highest BCUT2D eigenvalue weighted by atomic mass is 32.2. The molecule has 0 atom stereocenters. The molecule has 0 saturated carbocycles. The summed E-state index contributed by atoms with van der Waals surface area (Å²) in [5, 5.41) is 17.8. The fourth-order valence-electron chi connectivity index (χ4n) is 2.78. The first kappa shape index (κ1) is 19.0. The number of rotatable bonds is 5. The highest BCUT2D eigenvalue weighted by Gasteiger charge is 2.23. The number of hydrogen-bond acceptors (Lipinski definition) is 5. The normalized spacial score (nSPS) is 14.6. The Morgan fingerprint density at radius 2 is 2.15 bits per heavy atom. The van der Waals surface area contributed by atoms with Crippen molar-refractivity contribution < 1.29 is 19.0 Å². The van der Waals surface area contributed by atoms with E-state index in [1.54, 1.807) is 18.2 Å². The standard InChI is InChI=1S/C19H18FN3O3S/c20-16-10-13(11-21)4-5-17(16)27-12-14-2-1-3-18(22-14)26-15-6-8-23(9-7-15)19(24)25/h1-5,10,15H,6-9,12H2,(H,24,25). The molecule has 140 valence electrons. The monoisotopic (exact) mass is 387 g/mol. The Hall–Kier alpha value is -2.79. The predicted octanol–water partition coefficient (Wildman–Crippen LogP) is 3.91. The van der Waals surface area contributed by atoms with Crippen LogP contribution in [0.2, 0.25) is 0 Å². The number of pyridine rings is 1. The van der Waals surface area contributed by atoms with Gasteiger partial charge in [-0.15, -0.1) is 11.8 Å². The van der Waals surface area contributed by atoms with Crippen LogP contribution in [-0.4, -0.2) is 40.3 Å². The molecule has 0 unspecified atom stereocenters. The molecule has 1 aromatic heterocycles. The molecule has 0 aliphatic carbocycles. The Morgan fingerprint density at radius 1 is 1.37 bits per heavy atom. The van der Waals surface area contributed by atoms with E-state index in [1.807, 2.05) is 18.2 Å². The maximum Gasteiger partial charge on any atom is 0.407 e. The Kier molecular flexibility index (Phi) is 6.14. The van der Waals surface area contributed by atoms with Crippen molar-refractivity contribution in [1.82, 2.24) is 9.88 Å². The minimum Gasteiger partial charge on any atom is -0.474 e. The molecule has 2 aromatic rings. The van der Waals surface area contributed by atoms with E-state index in [1.165, 1.54) is 22.7 Å². The third-order valence-corrected chi connectivity index (χ3v) is 5.30. The molecule has 2 heterocycles. The molecule has 27 heavy (non-hydrogen) atoms. The van der Waals surface area contributed by atoms with Crippen LogP contribution in [0.1, 0.15) is 24.1 Å². The number of hydrogen-bond donors (Lipinski definition) is 1. The Labute approximate surface area is 160 Å². The number of amides is 1. The van der Waals surface area contributed by atoms with Gasteiger partial charge in [-0.2, -0.15) is 5.26 Å². The molecule has 8 heteroatoms. The number of thioether (sulfide) groups is 1. The highest BCUT2D eigenvalue weighted by Crippen LogP contribution is 2.26. The number of aromatic nitrogens is 1. The second-order valence-corrected chi connectivity index (χ2v) is 7.12. The average Bonchev–Trinajstić information content (AvgIpc) is 2.67. The number of likely N-dealkylation sites (tertiary alicyclic amines) is 1. The van der Waals surface area contributed by atoms with E-state index in [-0.39, 0.29) is 6.10 Å². The van der Waals surface area contributed by atoms with Gasteiger partial charge in [0.2, 0.25) is 5.88 Å². The van der Waals surface area contributed by atoms with Crippen molar-refractivity contribution in [2.45, 2.75) is 29.6 Å². The van der Waals surface area contributed by atoms with Crippen molar-refractivity contribution in [2.75, 3.05) is 13.1 Å². The van der Waals surface area contributed by atoms with Crippen LogP contribution in [0.15, 0.2) is 41.3 Å². The van der Waals surface area contributed by atoms with E-state index in [9.17, 15) is 9.18 Å². The number of piperidine rings is 1. The summed E-state index contributed by atoms with van der Waals surface area (Å²) in [4.78, 5) is 17.2. The number of ether oxygens (including phenoxy) is 1. The summed E-state index contributed by atoms with van der Waals surface area (Å²) in [6.07, 6.45) is 0.292. The van der Waals surface area contributed by atoms with Crippen molar-refractivity contribution in [2.24, 2.45) is 0 Å². The summed E-state index contributed by atoms with van der Waals surface area (Å²) in [6, 6.07) is 11.7. The highest BCUT2D eigenvalue weighted by molar-refractivity contribution is 7.98.